The summed E-state index contributed by atoms with van der Waals surface area (Å²) in [6, 6.07) is 9.00. The molecule has 0 unspecified atom stereocenters. The van der Waals surface area contributed by atoms with Gasteiger partial charge in [0.2, 0.25) is 5.88 Å². The molecule has 11 nitrogen and oxygen atoms in total. The first-order valence-corrected chi connectivity index (χ1v) is 13.2. The molecule has 5 heterocycles. The number of aromatic amines is 1. The SMILES string of the molecule is CN(C)c1cc(C(=O)N2C[C@H]3CN(C(=O)c4ccc5[nH]nnc5c4)C[C@@H]3C2)cc(OCC2CCOCC2)n1. The van der Waals surface area contributed by atoms with Gasteiger partial charge in [0.15, 0.2) is 0 Å². The number of likely N-dealkylation sites (tertiary alicyclic amines) is 2. The van der Waals surface area contributed by atoms with Gasteiger partial charge in [0, 0.05) is 82.5 Å². The minimum atomic E-state index is -0.0184. The van der Waals surface area contributed by atoms with Gasteiger partial charge < -0.3 is 24.2 Å². The smallest absolute Gasteiger partial charge is 0.254 e. The van der Waals surface area contributed by atoms with Gasteiger partial charge in [0.05, 0.1) is 12.1 Å². The largest absolute Gasteiger partial charge is 0.477 e. The molecular weight excluding hydrogens is 486 g/mol. The van der Waals surface area contributed by atoms with Crippen LogP contribution in [0, 0.1) is 17.8 Å². The predicted molar refractivity (Wildman–Crippen MR) is 140 cm³/mol. The van der Waals surface area contributed by atoms with Crippen molar-refractivity contribution in [1.29, 1.82) is 0 Å². The first-order chi connectivity index (χ1) is 18.4. The number of ether oxygens (including phenoxy) is 2. The van der Waals surface area contributed by atoms with E-state index in [1.54, 1.807) is 12.1 Å². The molecule has 0 aliphatic carbocycles. The number of amides is 2. The number of hydrogen-bond acceptors (Lipinski definition) is 8. The Kier molecular flexibility index (Phi) is 6.61. The second-order valence-electron chi connectivity index (χ2n) is 10.8. The molecule has 3 saturated heterocycles. The van der Waals surface area contributed by atoms with Gasteiger partial charge in [-0.15, -0.1) is 5.10 Å². The topological polar surface area (TPSA) is 117 Å². The molecule has 3 aliphatic rings. The number of H-pyrrole nitrogens is 1. The Hall–Kier alpha value is -3.73. The first-order valence-electron chi connectivity index (χ1n) is 13.2. The third-order valence-corrected chi connectivity index (χ3v) is 7.93. The van der Waals surface area contributed by atoms with E-state index in [1.165, 1.54) is 0 Å². The summed E-state index contributed by atoms with van der Waals surface area (Å²) >= 11 is 0. The quantitative estimate of drug-likeness (QED) is 0.526. The fourth-order valence-electron chi connectivity index (χ4n) is 5.70. The van der Waals surface area contributed by atoms with Crippen molar-refractivity contribution < 1.29 is 19.1 Å². The van der Waals surface area contributed by atoms with E-state index < -0.39 is 0 Å². The summed E-state index contributed by atoms with van der Waals surface area (Å²) in [4.78, 5) is 37.0. The highest BCUT2D eigenvalue weighted by Crippen LogP contribution is 2.33. The van der Waals surface area contributed by atoms with Gasteiger partial charge >= 0.3 is 0 Å². The van der Waals surface area contributed by atoms with Gasteiger partial charge in [0.25, 0.3) is 11.8 Å². The van der Waals surface area contributed by atoms with Crippen molar-refractivity contribution in [3.8, 4) is 5.88 Å². The number of carbonyl (C=O) groups is 2. The van der Waals surface area contributed by atoms with Gasteiger partial charge in [-0.05, 0) is 43.0 Å². The Morgan fingerprint density at radius 1 is 1.00 bits per heavy atom. The van der Waals surface area contributed by atoms with Crippen molar-refractivity contribution in [3.63, 3.8) is 0 Å². The van der Waals surface area contributed by atoms with Crippen LogP contribution in [0.2, 0.25) is 0 Å². The van der Waals surface area contributed by atoms with Crippen molar-refractivity contribution in [2.75, 3.05) is 65.0 Å². The highest BCUT2D eigenvalue weighted by Gasteiger charge is 2.43. The second-order valence-corrected chi connectivity index (χ2v) is 10.8. The van der Waals surface area contributed by atoms with E-state index in [2.05, 4.69) is 20.4 Å². The monoisotopic (exact) mass is 519 g/mol. The molecule has 2 amide bonds. The van der Waals surface area contributed by atoms with Crippen molar-refractivity contribution in [2.24, 2.45) is 17.8 Å². The van der Waals surface area contributed by atoms with Crippen LogP contribution in [0.1, 0.15) is 33.6 Å². The molecule has 3 aliphatic heterocycles. The number of rotatable bonds is 6. The van der Waals surface area contributed by atoms with Gasteiger partial charge in [-0.1, -0.05) is 5.21 Å². The van der Waals surface area contributed by atoms with Crippen molar-refractivity contribution >= 4 is 28.7 Å². The van der Waals surface area contributed by atoms with Gasteiger partial charge in [-0.25, -0.2) is 0 Å². The third kappa shape index (κ3) is 4.90. The minimum absolute atomic E-state index is 0.00162. The predicted octanol–water partition coefficient (Wildman–Crippen LogP) is 2.07. The molecule has 1 aromatic carbocycles. The van der Waals surface area contributed by atoms with Crippen molar-refractivity contribution in [3.05, 3.63) is 41.5 Å². The number of nitrogens with zero attached hydrogens (tertiary/aromatic N) is 6. The summed E-state index contributed by atoms with van der Waals surface area (Å²) in [5.41, 5.74) is 2.68. The van der Waals surface area contributed by atoms with Crippen LogP contribution in [0.5, 0.6) is 5.88 Å². The van der Waals surface area contributed by atoms with Gasteiger partial charge in [0.1, 0.15) is 11.3 Å². The number of pyridine rings is 1. The molecule has 38 heavy (non-hydrogen) atoms. The van der Waals surface area contributed by atoms with E-state index in [4.69, 9.17) is 9.47 Å². The van der Waals surface area contributed by atoms with E-state index in [-0.39, 0.29) is 23.7 Å². The molecule has 2 aromatic heterocycles. The van der Waals surface area contributed by atoms with Crippen LogP contribution in [-0.2, 0) is 4.74 Å². The zero-order valence-electron chi connectivity index (χ0n) is 21.8. The highest BCUT2D eigenvalue weighted by molar-refractivity contribution is 5.98. The number of carbonyl (C=O) groups excluding carboxylic acids is 2. The number of nitrogens with one attached hydrogen (secondary N) is 1. The Balaban J connectivity index is 1.10. The van der Waals surface area contributed by atoms with Crippen LogP contribution in [-0.4, -0.2) is 102 Å². The highest BCUT2D eigenvalue weighted by atomic mass is 16.5. The molecule has 0 spiro atoms. The molecule has 0 radical (unpaired) electrons. The lowest BCUT2D eigenvalue weighted by atomic mass is 10.0. The van der Waals surface area contributed by atoms with E-state index in [1.807, 2.05) is 47.0 Å². The lowest BCUT2D eigenvalue weighted by Crippen LogP contribution is -2.35. The molecule has 200 valence electrons. The maximum absolute atomic E-state index is 13.6. The van der Waals surface area contributed by atoms with Crippen molar-refractivity contribution in [2.45, 2.75) is 12.8 Å². The summed E-state index contributed by atoms with van der Waals surface area (Å²) in [6.07, 6.45) is 1.95. The van der Waals surface area contributed by atoms with Gasteiger partial charge in [-0.2, -0.15) is 4.98 Å². The van der Waals surface area contributed by atoms with Crippen LogP contribution in [0.25, 0.3) is 11.0 Å². The summed E-state index contributed by atoms with van der Waals surface area (Å²) < 4.78 is 11.5. The van der Waals surface area contributed by atoms with Crippen LogP contribution in [0.15, 0.2) is 30.3 Å². The van der Waals surface area contributed by atoms with Gasteiger partial charge in [-0.3, -0.25) is 14.7 Å². The molecular formula is C27H33N7O4. The number of aromatic nitrogens is 4. The summed E-state index contributed by atoms with van der Waals surface area (Å²) in [5.74, 6) is 2.11. The number of fused-ring (bicyclic) bond motifs is 2. The van der Waals surface area contributed by atoms with Crippen LogP contribution in [0.3, 0.4) is 0 Å². The second kappa shape index (κ2) is 10.2. The molecule has 0 bridgehead atoms. The van der Waals surface area contributed by atoms with Crippen LogP contribution >= 0.6 is 0 Å². The minimum Gasteiger partial charge on any atom is -0.477 e. The first kappa shape index (κ1) is 24.6. The average molecular weight is 520 g/mol. The number of hydrogen-bond donors (Lipinski definition) is 1. The maximum Gasteiger partial charge on any atom is 0.254 e. The standard InChI is InChI=1S/C27H33N7O4/c1-32(2)24-10-19(11-25(28-24)38-16-17-5-7-37-8-6-17)27(36)34-14-20-12-33(13-21(20)15-34)26(35)18-3-4-22-23(9-18)30-31-29-22/h3-4,9-11,17,20-21H,5-8,12-16H2,1-2H3,(H,29,30,31)/t20-,21-/m1/s1. The normalized spacial score (nSPS) is 21.6. The molecule has 11 heteroatoms. The fourth-order valence-corrected chi connectivity index (χ4v) is 5.70. The van der Waals surface area contributed by atoms with Crippen LogP contribution < -0.4 is 9.64 Å². The molecule has 2 atom stereocenters. The molecule has 3 fully saturated rings. The molecule has 3 aromatic rings. The van der Waals surface area contributed by atoms with E-state index in [9.17, 15) is 9.59 Å². The Labute approximate surface area is 221 Å². The summed E-state index contributed by atoms with van der Waals surface area (Å²) in [5, 5.41) is 10.6. The Bertz CT molecular complexity index is 1320. The summed E-state index contributed by atoms with van der Waals surface area (Å²) in [6.45, 7) is 4.65. The lowest BCUT2D eigenvalue weighted by Gasteiger charge is -2.24. The zero-order chi connectivity index (χ0) is 26.2. The Morgan fingerprint density at radius 3 is 2.37 bits per heavy atom. The van der Waals surface area contributed by atoms with Crippen LogP contribution in [0.4, 0.5) is 5.82 Å². The Morgan fingerprint density at radius 2 is 1.68 bits per heavy atom. The zero-order valence-corrected chi connectivity index (χ0v) is 21.8. The maximum atomic E-state index is 13.6. The number of benzene rings is 1. The fraction of sp³-hybridized carbons (Fsp3) is 0.519. The molecule has 1 N–H and O–H groups in total. The number of anilines is 1. The molecule has 6 rings (SSSR count). The van der Waals surface area contributed by atoms with E-state index in [0.717, 1.165) is 31.6 Å². The van der Waals surface area contributed by atoms with Crippen molar-refractivity contribution in [1.82, 2.24) is 30.2 Å². The third-order valence-electron chi connectivity index (χ3n) is 7.93. The summed E-state index contributed by atoms with van der Waals surface area (Å²) in [7, 11) is 3.82. The van der Waals surface area contributed by atoms with E-state index >= 15 is 0 Å². The van der Waals surface area contributed by atoms with E-state index in [0.29, 0.717) is 67.0 Å². The molecule has 0 saturated carbocycles. The lowest BCUT2D eigenvalue weighted by molar-refractivity contribution is 0.0490. The average Bonchev–Trinajstić information content (AvgIpc) is 3.66.